The monoisotopic (exact) mass is 311 g/mol. The van der Waals surface area contributed by atoms with E-state index in [1.165, 1.54) is 6.07 Å². The van der Waals surface area contributed by atoms with Gasteiger partial charge in [-0.2, -0.15) is 5.26 Å². The summed E-state index contributed by atoms with van der Waals surface area (Å²) in [7, 11) is -1.75. The Hall–Kier alpha value is -1.49. The topological polar surface area (TPSA) is 73.2 Å². The van der Waals surface area contributed by atoms with Crippen molar-refractivity contribution in [3.05, 3.63) is 29.6 Å². The van der Waals surface area contributed by atoms with Gasteiger partial charge in [0.1, 0.15) is 11.9 Å². The van der Waals surface area contributed by atoms with Crippen LogP contribution in [0, 0.1) is 23.1 Å². The van der Waals surface area contributed by atoms with Crippen molar-refractivity contribution in [3.8, 4) is 6.07 Å². The molecule has 1 aliphatic heterocycles. The minimum absolute atomic E-state index is 0.0772. The molecule has 1 saturated heterocycles. The van der Waals surface area contributed by atoms with Gasteiger partial charge in [-0.15, -0.1) is 0 Å². The molecule has 1 aliphatic rings. The van der Waals surface area contributed by atoms with Crippen LogP contribution in [0.1, 0.15) is 18.9 Å². The largest absolute Gasteiger partial charge is 0.306 e. The lowest BCUT2D eigenvalue weighted by molar-refractivity contribution is 0.188. The fraction of sp³-hybridized carbons (Fsp3) is 0.500. The number of piperidine rings is 1. The Morgan fingerprint density at radius 3 is 2.81 bits per heavy atom. The molecule has 0 radical (unpaired) electrons. The second kappa shape index (κ2) is 6.10. The number of hydrogen-bond donors (Lipinski definition) is 1. The van der Waals surface area contributed by atoms with Gasteiger partial charge in [0, 0.05) is 12.6 Å². The van der Waals surface area contributed by atoms with Crippen molar-refractivity contribution in [3.63, 3.8) is 0 Å². The molecule has 0 aliphatic carbocycles. The van der Waals surface area contributed by atoms with E-state index >= 15 is 0 Å². The van der Waals surface area contributed by atoms with E-state index in [-0.39, 0.29) is 22.4 Å². The predicted octanol–water partition coefficient (Wildman–Crippen LogP) is 1.32. The lowest BCUT2D eigenvalue weighted by Crippen LogP contribution is -2.48. The van der Waals surface area contributed by atoms with Crippen LogP contribution in [0.2, 0.25) is 0 Å². The molecule has 1 aromatic rings. The van der Waals surface area contributed by atoms with Gasteiger partial charge in [-0.05, 0) is 44.1 Å². The van der Waals surface area contributed by atoms with Crippen LogP contribution in [0.3, 0.4) is 0 Å². The Labute approximate surface area is 124 Å². The van der Waals surface area contributed by atoms with Crippen LogP contribution in [-0.2, 0) is 10.0 Å². The normalized spacial score (nSPS) is 23.7. The maximum absolute atomic E-state index is 13.3. The van der Waals surface area contributed by atoms with Gasteiger partial charge < -0.3 is 4.90 Å². The number of sulfonamides is 1. The molecular formula is C14H18FN3O2S. The highest BCUT2D eigenvalue weighted by atomic mass is 32.2. The molecule has 5 nitrogen and oxygen atoms in total. The summed E-state index contributed by atoms with van der Waals surface area (Å²) in [5.41, 5.74) is -0.269. The molecule has 21 heavy (non-hydrogen) atoms. The van der Waals surface area contributed by atoms with Crippen molar-refractivity contribution < 1.29 is 12.8 Å². The predicted molar refractivity (Wildman–Crippen MR) is 76.5 cm³/mol. The van der Waals surface area contributed by atoms with Crippen molar-refractivity contribution >= 4 is 10.0 Å². The summed E-state index contributed by atoms with van der Waals surface area (Å²) < 4.78 is 40.6. The molecule has 1 fully saturated rings. The van der Waals surface area contributed by atoms with Gasteiger partial charge in [0.2, 0.25) is 10.0 Å². The second-order valence-electron chi connectivity index (χ2n) is 5.51. The number of hydrogen-bond acceptors (Lipinski definition) is 4. The lowest BCUT2D eigenvalue weighted by atomic mass is 9.95. The highest BCUT2D eigenvalue weighted by Gasteiger charge is 2.29. The summed E-state index contributed by atoms with van der Waals surface area (Å²) >= 11 is 0. The first-order valence-electron chi connectivity index (χ1n) is 6.74. The summed E-state index contributed by atoms with van der Waals surface area (Å²) in [6.07, 6.45) is 0.725. The Bertz CT molecular complexity index is 669. The summed E-state index contributed by atoms with van der Waals surface area (Å²) in [5.74, 6) is -0.529. The van der Waals surface area contributed by atoms with Crippen molar-refractivity contribution in [1.82, 2.24) is 9.62 Å². The van der Waals surface area contributed by atoms with Crippen molar-refractivity contribution in [2.24, 2.45) is 5.92 Å². The zero-order valence-electron chi connectivity index (χ0n) is 12.0. The number of benzene rings is 1. The van der Waals surface area contributed by atoms with Gasteiger partial charge >= 0.3 is 0 Å². The second-order valence-corrected chi connectivity index (χ2v) is 7.22. The molecule has 0 saturated carbocycles. The van der Waals surface area contributed by atoms with E-state index in [1.807, 2.05) is 14.0 Å². The van der Waals surface area contributed by atoms with E-state index in [2.05, 4.69) is 9.62 Å². The van der Waals surface area contributed by atoms with E-state index in [4.69, 9.17) is 5.26 Å². The SMILES string of the molecule is CC1CN(C)CCC1NS(=O)(=O)c1ccc(F)c(C#N)c1. The number of halogens is 1. The molecule has 0 spiro atoms. The Morgan fingerprint density at radius 2 is 2.19 bits per heavy atom. The molecule has 2 atom stereocenters. The molecular weight excluding hydrogens is 293 g/mol. The highest BCUT2D eigenvalue weighted by molar-refractivity contribution is 7.89. The summed E-state index contributed by atoms with van der Waals surface area (Å²) in [5, 5.41) is 8.79. The van der Waals surface area contributed by atoms with Crippen LogP contribution < -0.4 is 4.72 Å². The quantitative estimate of drug-likeness (QED) is 0.913. The molecule has 0 bridgehead atoms. The minimum Gasteiger partial charge on any atom is -0.306 e. The van der Waals surface area contributed by atoms with Gasteiger partial charge in [0.05, 0.1) is 10.5 Å². The molecule has 114 valence electrons. The molecule has 2 unspecified atom stereocenters. The third kappa shape index (κ3) is 3.59. The smallest absolute Gasteiger partial charge is 0.240 e. The first kappa shape index (κ1) is 15.9. The molecule has 0 aromatic heterocycles. The van der Waals surface area contributed by atoms with E-state index < -0.39 is 15.8 Å². The maximum atomic E-state index is 13.3. The number of nitrogens with one attached hydrogen (secondary N) is 1. The van der Waals surface area contributed by atoms with Gasteiger partial charge in [0.15, 0.2) is 0 Å². The molecule has 1 aromatic carbocycles. The average Bonchev–Trinajstić information content (AvgIpc) is 2.42. The number of nitrogens with zero attached hydrogens (tertiary/aromatic N) is 2. The number of nitriles is 1. The van der Waals surface area contributed by atoms with Crippen molar-refractivity contribution in [2.75, 3.05) is 20.1 Å². The van der Waals surface area contributed by atoms with Crippen LogP contribution >= 0.6 is 0 Å². The van der Waals surface area contributed by atoms with Gasteiger partial charge in [-0.1, -0.05) is 6.92 Å². The molecule has 2 rings (SSSR count). The van der Waals surface area contributed by atoms with Gasteiger partial charge in [-0.25, -0.2) is 17.5 Å². The Morgan fingerprint density at radius 1 is 1.48 bits per heavy atom. The Kier molecular flexibility index (Phi) is 4.61. The van der Waals surface area contributed by atoms with E-state index in [0.29, 0.717) is 0 Å². The van der Waals surface area contributed by atoms with Crippen LogP contribution in [0.25, 0.3) is 0 Å². The van der Waals surface area contributed by atoms with Crippen molar-refractivity contribution in [1.29, 1.82) is 5.26 Å². The first-order valence-corrected chi connectivity index (χ1v) is 8.22. The third-order valence-corrected chi connectivity index (χ3v) is 5.27. The van der Waals surface area contributed by atoms with E-state index in [0.717, 1.165) is 31.6 Å². The lowest BCUT2D eigenvalue weighted by Gasteiger charge is -2.34. The zero-order chi connectivity index (χ0) is 15.6. The van der Waals surface area contributed by atoms with E-state index in [9.17, 15) is 12.8 Å². The molecule has 1 N–H and O–H groups in total. The van der Waals surface area contributed by atoms with Crippen LogP contribution in [0.15, 0.2) is 23.1 Å². The van der Waals surface area contributed by atoms with Gasteiger partial charge in [-0.3, -0.25) is 0 Å². The molecule has 1 heterocycles. The maximum Gasteiger partial charge on any atom is 0.240 e. The molecule has 0 amide bonds. The Balaban J connectivity index is 2.21. The summed E-state index contributed by atoms with van der Waals surface area (Å²) in [6.45, 7) is 3.64. The third-order valence-electron chi connectivity index (χ3n) is 3.78. The number of rotatable bonds is 3. The fourth-order valence-electron chi connectivity index (χ4n) is 2.55. The fourth-order valence-corrected chi connectivity index (χ4v) is 3.96. The summed E-state index contributed by atoms with van der Waals surface area (Å²) in [4.78, 5) is 2.08. The minimum atomic E-state index is -3.75. The highest BCUT2D eigenvalue weighted by Crippen LogP contribution is 2.20. The standard InChI is InChI=1S/C14H18FN3O2S/c1-10-9-18(2)6-5-14(10)17-21(19,20)12-3-4-13(15)11(7-12)8-16/h3-4,7,10,14,17H,5-6,9H2,1-2H3. The summed E-state index contributed by atoms with van der Waals surface area (Å²) in [6, 6.07) is 4.75. The first-order chi connectivity index (χ1) is 9.83. The van der Waals surface area contributed by atoms with E-state index in [1.54, 1.807) is 6.07 Å². The van der Waals surface area contributed by atoms with Crippen LogP contribution in [0.5, 0.6) is 0 Å². The van der Waals surface area contributed by atoms with Gasteiger partial charge in [0.25, 0.3) is 0 Å². The van der Waals surface area contributed by atoms with Crippen LogP contribution in [0.4, 0.5) is 4.39 Å². The zero-order valence-corrected chi connectivity index (χ0v) is 12.8. The molecule has 7 heteroatoms. The number of likely N-dealkylation sites (tertiary alicyclic amines) is 1. The average molecular weight is 311 g/mol. The van der Waals surface area contributed by atoms with Crippen molar-refractivity contribution in [2.45, 2.75) is 24.3 Å². The van der Waals surface area contributed by atoms with Crippen LogP contribution in [-0.4, -0.2) is 39.5 Å².